The lowest BCUT2D eigenvalue weighted by Crippen LogP contribution is -2.30. The zero-order valence-corrected chi connectivity index (χ0v) is 10.8. The van der Waals surface area contributed by atoms with E-state index in [0.29, 0.717) is 12.1 Å². The molecule has 1 aromatic carbocycles. The maximum Gasteiger partial charge on any atom is 0.0590 e. The number of benzene rings is 1. The van der Waals surface area contributed by atoms with Gasteiger partial charge in [0.1, 0.15) is 0 Å². The van der Waals surface area contributed by atoms with E-state index >= 15 is 0 Å². The Balaban J connectivity index is 1.71. The van der Waals surface area contributed by atoms with Gasteiger partial charge in [0.25, 0.3) is 0 Å². The number of rotatable bonds is 3. The molecule has 2 N–H and O–H groups in total. The standard InChI is InChI=1S/C15H20N2O/c1-18-14-4-2-3-12(10-14)17-13-5-6-15-11(9-13)7-8-16-15/h5-9,12,14,16-17H,2-4,10H2,1H3. The van der Waals surface area contributed by atoms with Crippen molar-refractivity contribution in [1.82, 2.24) is 4.98 Å². The van der Waals surface area contributed by atoms with Gasteiger partial charge in [-0.15, -0.1) is 0 Å². The van der Waals surface area contributed by atoms with Crippen molar-refractivity contribution < 1.29 is 4.74 Å². The second-order valence-corrected chi connectivity index (χ2v) is 5.15. The van der Waals surface area contributed by atoms with Crippen LogP contribution in [-0.2, 0) is 4.74 Å². The quantitative estimate of drug-likeness (QED) is 0.866. The first kappa shape index (κ1) is 11.6. The van der Waals surface area contributed by atoms with E-state index in [0.717, 1.165) is 6.42 Å². The van der Waals surface area contributed by atoms with Crippen LogP contribution >= 0.6 is 0 Å². The van der Waals surface area contributed by atoms with E-state index in [1.165, 1.54) is 35.9 Å². The second kappa shape index (κ2) is 5.02. The Bertz CT molecular complexity index is 520. The SMILES string of the molecule is COC1CCCC(Nc2ccc3[nH]ccc3c2)C1. The Hall–Kier alpha value is -1.48. The summed E-state index contributed by atoms with van der Waals surface area (Å²) >= 11 is 0. The number of aromatic nitrogens is 1. The van der Waals surface area contributed by atoms with Crippen LogP contribution in [0.4, 0.5) is 5.69 Å². The van der Waals surface area contributed by atoms with Crippen molar-refractivity contribution in [2.24, 2.45) is 0 Å². The van der Waals surface area contributed by atoms with Crippen LogP contribution < -0.4 is 5.32 Å². The van der Waals surface area contributed by atoms with Gasteiger partial charge in [0.05, 0.1) is 6.10 Å². The Morgan fingerprint density at radius 3 is 3.11 bits per heavy atom. The van der Waals surface area contributed by atoms with Gasteiger partial charge in [-0.2, -0.15) is 0 Å². The monoisotopic (exact) mass is 244 g/mol. The van der Waals surface area contributed by atoms with Crippen LogP contribution in [-0.4, -0.2) is 24.2 Å². The van der Waals surface area contributed by atoms with Gasteiger partial charge in [0.15, 0.2) is 0 Å². The molecule has 2 atom stereocenters. The summed E-state index contributed by atoms with van der Waals surface area (Å²) < 4.78 is 5.47. The molecule has 3 rings (SSSR count). The molecule has 1 heterocycles. The molecule has 18 heavy (non-hydrogen) atoms. The molecule has 0 radical (unpaired) electrons. The van der Waals surface area contributed by atoms with Crippen LogP contribution in [0, 0.1) is 0 Å². The topological polar surface area (TPSA) is 37.0 Å². The van der Waals surface area contributed by atoms with Crippen molar-refractivity contribution in [3.8, 4) is 0 Å². The molecule has 0 saturated heterocycles. The van der Waals surface area contributed by atoms with E-state index in [1.54, 1.807) is 0 Å². The molecule has 0 spiro atoms. The molecule has 1 aromatic heterocycles. The van der Waals surface area contributed by atoms with Crippen molar-refractivity contribution in [2.75, 3.05) is 12.4 Å². The lowest BCUT2D eigenvalue weighted by Gasteiger charge is -2.29. The number of methoxy groups -OCH3 is 1. The smallest absolute Gasteiger partial charge is 0.0590 e. The van der Waals surface area contributed by atoms with Gasteiger partial charge in [0.2, 0.25) is 0 Å². The van der Waals surface area contributed by atoms with Gasteiger partial charge < -0.3 is 15.0 Å². The summed E-state index contributed by atoms with van der Waals surface area (Å²) in [4.78, 5) is 3.22. The molecular formula is C15H20N2O. The Morgan fingerprint density at radius 1 is 1.28 bits per heavy atom. The van der Waals surface area contributed by atoms with Crippen molar-refractivity contribution in [3.05, 3.63) is 30.5 Å². The first-order valence-corrected chi connectivity index (χ1v) is 6.71. The number of aromatic amines is 1. The molecule has 0 amide bonds. The fourth-order valence-electron chi connectivity index (χ4n) is 2.87. The van der Waals surface area contributed by atoms with Gasteiger partial charge in [-0.1, -0.05) is 0 Å². The molecule has 0 aliphatic heterocycles. The highest BCUT2D eigenvalue weighted by atomic mass is 16.5. The van der Waals surface area contributed by atoms with E-state index in [2.05, 4.69) is 34.6 Å². The predicted molar refractivity (Wildman–Crippen MR) is 75.0 cm³/mol. The first-order valence-electron chi connectivity index (χ1n) is 6.71. The van der Waals surface area contributed by atoms with Crippen molar-refractivity contribution in [3.63, 3.8) is 0 Å². The third kappa shape index (κ3) is 2.36. The third-order valence-corrected chi connectivity index (χ3v) is 3.88. The van der Waals surface area contributed by atoms with Crippen molar-refractivity contribution >= 4 is 16.6 Å². The average Bonchev–Trinajstić information content (AvgIpc) is 2.86. The Kier molecular flexibility index (Phi) is 3.24. The number of hydrogen-bond donors (Lipinski definition) is 2. The molecule has 1 fully saturated rings. The molecule has 2 unspecified atom stereocenters. The maximum atomic E-state index is 5.47. The van der Waals surface area contributed by atoms with Gasteiger partial charge in [-0.25, -0.2) is 0 Å². The molecule has 2 aromatic rings. The molecule has 1 saturated carbocycles. The number of nitrogens with one attached hydrogen (secondary N) is 2. The van der Waals surface area contributed by atoms with Crippen LogP contribution in [0.15, 0.2) is 30.5 Å². The minimum Gasteiger partial charge on any atom is -0.382 e. The van der Waals surface area contributed by atoms with Crippen LogP contribution in [0.5, 0.6) is 0 Å². The summed E-state index contributed by atoms with van der Waals surface area (Å²) in [7, 11) is 1.82. The van der Waals surface area contributed by atoms with Crippen LogP contribution in [0.1, 0.15) is 25.7 Å². The third-order valence-electron chi connectivity index (χ3n) is 3.88. The summed E-state index contributed by atoms with van der Waals surface area (Å²) in [6.07, 6.45) is 7.21. The fourth-order valence-corrected chi connectivity index (χ4v) is 2.87. The van der Waals surface area contributed by atoms with Crippen molar-refractivity contribution in [2.45, 2.75) is 37.8 Å². The van der Waals surface area contributed by atoms with E-state index in [1.807, 2.05) is 13.3 Å². The number of ether oxygens (including phenoxy) is 1. The molecule has 1 aliphatic carbocycles. The number of H-pyrrole nitrogens is 1. The largest absolute Gasteiger partial charge is 0.382 e. The lowest BCUT2D eigenvalue weighted by atomic mass is 9.92. The minimum atomic E-state index is 0.423. The van der Waals surface area contributed by atoms with Crippen LogP contribution in [0.25, 0.3) is 10.9 Å². The molecule has 96 valence electrons. The summed E-state index contributed by atoms with van der Waals surface area (Å²) in [5, 5.41) is 4.90. The van der Waals surface area contributed by atoms with E-state index in [9.17, 15) is 0 Å². The van der Waals surface area contributed by atoms with Gasteiger partial charge in [-0.3, -0.25) is 0 Å². The predicted octanol–water partition coefficient (Wildman–Crippen LogP) is 3.54. The molecule has 3 heteroatoms. The normalized spacial score (nSPS) is 24.3. The fraction of sp³-hybridized carbons (Fsp3) is 0.467. The molecule has 0 bridgehead atoms. The van der Waals surface area contributed by atoms with Crippen molar-refractivity contribution in [1.29, 1.82) is 0 Å². The second-order valence-electron chi connectivity index (χ2n) is 5.15. The summed E-state index contributed by atoms with van der Waals surface area (Å²) in [6, 6.07) is 9.14. The van der Waals surface area contributed by atoms with Crippen LogP contribution in [0.3, 0.4) is 0 Å². The highest BCUT2D eigenvalue weighted by Crippen LogP contribution is 2.25. The Labute approximate surface area is 108 Å². The lowest BCUT2D eigenvalue weighted by molar-refractivity contribution is 0.0669. The minimum absolute atomic E-state index is 0.423. The number of anilines is 1. The number of hydrogen-bond acceptors (Lipinski definition) is 2. The summed E-state index contributed by atoms with van der Waals surface area (Å²) in [5.74, 6) is 0. The Morgan fingerprint density at radius 2 is 2.22 bits per heavy atom. The maximum absolute atomic E-state index is 5.47. The van der Waals surface area contributed by atoms with Gasteiger partial charge in [0, 0.05) is 35.9 Å². The van der Waals surface area contributed by atoms with Gasteiger partial charge in [-0.05, 0) is 49.9 Å². The van der Waals surface area contributed by atoms with Crippen LogP contribution in [0.2, 0.25) is 0 Å². The first-order chi connectivity index (χ1) is 8.85. The van der Waals surface area contributed by atoms with E-state index in [-0.39, 0.29) is 0 Å². The molecule has 1 aliphatic rings. The van der Waals surface area contributed by atoms with E-state index in [4.69, 9.17) is 4.74 Å². The summed E-state index contributed by atoms with van der Waals surface area (Å²) in [5.41, 5.74) is 2.41. The number of fused-ring (bicyclic) bond motifs is 1. The molecular weight excluding hydrogens is 224 g/mol. The average molecular weight is 244 g/mol. The highest BCUT2D eigenvalue weighted by molar-refractivity contribution is 5.83. The summed E-state index contributed by atoms with van der Waals surface area (Å²) in [6.45, 7) is 0. The molecule has 3 nitrogen and oxygen atoms in total. The zero-order chi connectivity index (χ0) is 12.4. The van der Waals surface area contributed by atoms with E-state index < -0.39 is 0 Å². The highest BCUT2D eigenvalue weighted by Gasteiger charge is 2.21. The van der Waals surface area contributed by atoms with Gasteiger partial charge >= 0.3 is 0 Å². The zero-order valence-electron chi connectivity index (χ0n) is 10.8.